The molecule has 0 aliphatic rings. The molecule has 1 aromatic rings. The summed E-state index contributed by atoms with van der Waals surface area (Å²) in [6.45, 7) is 2.60. The van der Waals surface area contributed by atoms with E-state index in [0.29, 0.717) is 12.4 Å². The zero-order chi connectivity index (χ0) is 10.2. The number of ether oxygens (including phenoxy) is 1. The Labute approximate surface area is 84.2 Å². The fourth-order valence-corrected chi connectivity index (χ4v) is 1.08. The average molecular weight is 194 g/mol. The highest BCUT2D eigenvalue weighted by molar-refractivity contribution is 5.23. The number of para-hydroxylation sites is 1. The van der Waals surface area contributed by atoms with Crippen LogP contribution in [0.5, 0.6) is 5.75 Å². The van der Waals surface area contributed by atoms with Crippen LogP contribution in [0.15, 0.2) is 36.4 Å². The van der Waals surface area contributed by atoms with Gasteiger partial charge in [-0.25, -0.2) is 4.39 Å². The van der Waals surface area contributed by atoms with Gasteiger partial charge in [0.1, 0.15) is 0 Å². The van der Waals surface area contributed by atoms with Gasteiger partial charge in [0, 0.05) is 0 Å². The highest BCUT2D eigenvalue weighted by atomic mass is 19.1. The van der Waals surface area contributed by atoms with Gasteiger partial charge in [0.25, 0.3) is 0 Å². The number of rotatable bonds is 5. The van der Waals surface area contributed by atoms with Crippen LogP contribution >= 0.6 is 0 Å². The van der Waals surface area contributed by atoms with Crippen molar-refractivity contribution in [1.29, 1.82) is 0 Å². The quantitative estimate of drug-likeness (QED) is 0.514. The smallest absolute Gasteiger partial charge is 0.165 e. The summed E-state index contributed by atoms with van der Waals surface area (Å²) in [6.07, 6.45) is 5.97. The van der Waals surface area contributed by atoms with E-state index >= 15 is 0 Å². The highest BCUT2D eigenvalue weighted by Gasteiger charge is 1.98. The normalized spacial score (nSPS) is 10.7. The van der Waals surface area contributed by atoms with Gasteiger partial charge < -0.3 is 4.74 Å². The number of benzene rings is 1. The minimum Gasteiger partial charge on any atom is -0.490 e. The number of hydrogen-bond donors (Lipinski definition) is 0. The first-order valence-corrected chi connectivity index (χ1v) is 4.87. The molecule has 1 nitrogen and oxygen atoms in total. The lowest BCUT2D eigenvalue weighted by Crippen LogP contribution is -1.97. The van der Waals surface area contributed by atoms with Crippen molar-refractivity contribution in [2.45, 2.75) is 19.8 Å². The molecule has 0 N–H and O–H groups in total. The first-order chi connectivity index (χ1) is 6.84. The summed E-state index contributed by atoms with van der Waals surface area (Å²) >= 11 is 0. The second-order valence-corrected chi connectivity index (χ2v) is 2.95. The molecule has 0 heterocycles. The number of halogens is 1. The number of allylic oxidation sites excluding steroid dienone is 1. The van der Waals surface area contributed by atoms with Gasteiger partial charge in [0.05, 0.1) is 6.61 Å². The minimum absolute atomic E-state index is 0.299. The van der Waals surface area contributed by atoms with Gasteiger partial charge >= 0.3 is 0 Å². The van der Waals surface area contributed by atoms with E-state index < -0.39 is 0 Å². The lowest BCUT2D eigenvalue weighted by Gasteiger charge is -2.04. The van der Waals surface area contributed by atoms with Crippen LogP contribution in [0.2, 0.25) is 0 Å². The Balaban J connectivity index is 2.31. The standard InChI is InChI=1S/C12H15FO/c1-2-3-4-7-10-14-12-9-6-5-8-11(12)13/h3-6,8-9H,2,7,10H2,1H3/b4-3+. The number of hydrogen-bond acceptors (Lipinski definition) is 1. The Bertz CT molecular complexity index is 294. The van der Waals surface area contributed by atoms with Crippen LogP contribution in [-0.4, -0.2) is 6.61 Å². The van der Waals surface area contributed by atoms with E-state index in [1.165, 1.54) is 6.07 Å². The molecular weight excluding hydrogens is 179 g/mol. The van der Waals surface area contributed by atoms with E-state index in [0.717, 1.165) is 12.8 Å². The van der Waals surface area contributed by atoms with Crippen molar-refractivity contribution >= 4 is 0 Å². The Morgan fingerprint density at radius 2 is 2.07 bits per heavy atom. The van der Waals surface area contributed by atoms with E-state index in [1.54, 1.807) is 18.2 Å². The van der Waals surface area contributed by atoms with Gasteiger partial charge in [0.15, 0.2) is 11.6 Å². The molecule has 0 aliphatic heterocycles. The molecule has 0 saturated heterocycles. The van der Waals surface area contributed by atoms with E-state index in [2.05, 4.69) is 13.0 Å². The summed E-state index contributed by atoms with van der Waals surface area (Å²) in [5.41, 5.74) is 0. The molecule has 2 heteroatoms. The zero-order valence-corrected chi connectivity index (χ0v) is 8.37. The largest absolute Gasteiger partial charge is 0.490 e. The SMILES string of the molecule is CC/C=C/CCOc1ccccc1F. The first-order valence-electron chi connectivity index (χ1n) is 4.87. The Morgan fingerprint density at radius 1 is 1.29 bits per heavy atom. The van der Waals surface area contributed by atoms with Crippen LogP contribution in [-0.2, 0) is 0 Å². The van der Waals surface area contributed by atoms with Crippen LogP contribution in [0.3, 0.4) is 0 Å². The van der Waals surface area contributed by atoms with Crippen molar-refractivity contribution in [2.75, 3.05) is 6.61 Å². The van der Waals surface area contributed by atoms with Gasteiger partial charge in [-0.2, -0.15) is 0 Å². The molecule has 0 radical (unpaired) electrons. The van der Waals surface area contributed by atoms with Crippen LogP contribution in [0, 0.1) is 5.82 Å². The molecule has 0 atom stereocenters. The maximum absolute atomic E-state index is 13.0. The lowest BCUT2D eigenvalue weighted by molar-refractivity contribution is 0.308. The minimum atomic E-state index is -0.299. The van der Waals surface area contributed by atoms with Gasteiger partial charge in [-0.3, -0.25) is 0 Å². The summed E-state index contributed by atoms with van der Waals surface area (Å²) in [7, 11) is 0. The summed E-state index contributed by atoms with van der Waals surface area (Å²) < 4.78 is 18.3. The summed E-state index contributed by atoms with van der Waals surface area (Å²) in [4.78, 5) is 0. The van der Waals surface area contributed by atoms with E-state index in [4.69, 9.17) is 4.74 Å². The molecule has 1 rings (SSSR count). The van der Waals surface area contributed by atoms with Crippen LogP contribution in [0.1, 0.15) is 19.8 Å². The molecule has 0 aromatic heterocycles. The molecule has 0 amide bonds. The van der Waals surface area contributed by atoms with Crippen molar-refractivity contribution in [3.8, 4) is 5.75 Å². The molecule has 0 unspecified atom stereocenters. The van der Waals surface area contributed by atoms with Crippen molar-refractivity contribution in [2.24, 2.45) is 0 Å². The topological polar surface area (TPSA) is 9.23 Å². The first kappa shape index (κ1) is 10.8. The predicted molar refractivity (Wildman–Crippen MR) is 55.9 cm³/mol. The van der Waals surface area contributed by atoms with Crippen LogP contribution in [0.4, 0.5) is 4.39 Å². The third-order valence-electron chi connectivity index (χ3n) is 1.78. The van der Waals surface area contributed by atoms with Gasteiger partial charge in [0.2, 0.25) is 0 Å². The second-order valence-electron chi connectivity index (χ2n) is 2.95. The zero-order valence-electron chi connectivity index (χ0n) is 8.37. The maximum Gasteiger partial charge on any atom is 0.165 e. The van der Waals surface area contributed by atoms with Gasteiger partial charge in [-0.1, -0.05) is 31.2 Å². The van der Waals surface area contributed by atoms with Crippen molar-refractivity contribution in [3.63, 3.8) is 0 Å². The molecule has 0 fully saturated rings. The van der Waals surface area contributed by atoms with Gasteiger partial charge in [-0.15, -0.1) is 0 Å². The van der Waals surface area contributed by atoms with E-state index in [9.17, 15) is 4.39 Å². The van der Waals surface area contributed by atoms with E-state index in [1.807, 2.05) is 6.08 Å². The molecule has 14 heavy (non-hydrogen) atoms. The average Bonchev–Trinajstić information content (AvgIpc) is 2.20. The maximum atomic E-state index is 13.0. The van der Waals surface area contributed by atoms with Crippen LogP contribution < -0.4 is 4.74 Å². The Morgan fingerprint density at radius 3 is 2.79 bits per heavy atom. The molecule has 0 saturated carbocycles. The molecule has 76 valence electrons. The van der Waals surface area contributed by atoms with Gasteiger partial charge in [-0.05, 0) is 25.0 Å². The fraction of sp³-hybridized carbons (Fsp3) is 0.333. The molecule has 0 aliphatic carbocycles. The third-order valence-corrected chi connectivity index (χ3v) is 1.78. The summed E-state index contributed by atoms with van der Waals surface area (Å²) in [5.74, 6) is 0.0318. The van der Waals surface area contributed by atoms with Crippen molar-refractivity contribution in [1.82, 2.24) is 0 Å². The summed E-state index contributed by atoms with van der Waals surface area (Å²) in [5, 5.41) is 0. The fourth-order valence-electron chi connectivity index (χ4n) is 1.08. The Kier molecular flexibility index (Phi) is 4.76. The van der Waals surface area contributed by atoms with Crippen LogP contribution in [0.25, 0.3) is 0 Å². The van der Waals surface area contributed by atoms with Crippen molar-refractivity contribution < 1.29 is 9.13 Å². The Hall–Kier alpha value is -1.31. The highest BCUT2D eigenvalue weighted by Crippen LogP contribution is 2.15. The van der Waals surface area contributed by atoms with E-state index in [-0.39, 0.29) is 5.82 Å². The second kappa shape index (κ2) is 6.19. The molecule has 1 aromatic carbocycles. The van der Waals surface area contributed by atoms with Crippen molar-refractivity contribution in [3.05, 3.63) is 42.2 Å². The lowest BCUT2D eigenvalue weighted by atomic mass is 10.3. The summed E-state index contributed by atoms with van der Waals surface area (Å²) in [6, 6.07) is 6.45. The molecule has 0 bridgehead atoms. The third kappa shape index (κ3) is 3.60. The molecular formula is C12H15FO. The predicted octanol–water partition coefficient (Wildman–Crippen LogP) is 3.56. The monoisotopic (exact) mass is 194 g/mol. The molecule has 0 spiro atoms.